The van der Waals surface area contributed by atoms with E-state index < -0.39 is 6.10 Å². The highest BCUT2D eigenvalue weighted by molar-refractivity contribution is 5.33. The Balaban J connectivity index is 1.69. The lowest BCUT2D eigenvalue weighted by atomic mass is 9.83. The number of ether oxygens (including phenoxy) is 2. The van der Waals surface area contributed by atoms with Gasteiger partial charge in [0.25, 0.3) is 0 Å². The zero-order valence-electron chi connectivity index (χ0n) is 11.7. The second kappa shape index (κ2) is 5.26. The molecular weight excluding hydrogens is 264 g/mol. The van der Waals surface area contributed by atoms with Gasteiger partial charge in [0.1, 0.15) is 0 Å². The molecule has 2 aromatic rings. The molecule has 3 nitrogen and oxygen atoms in total. The van der Waals surface area contributed by atoms with Crippen LogP contribution in [0.3, 0.4) is 0 Å². The SMILES string of the molecule is O[C@H](c1ccccc1)[C@@H]1CO[C@@H]2Cc3ccccc3[C@H]1O2. The molecule has 1 N–H and O–H groups in total. The lowest BCUT2D eigenvalue weighted by Crippen LogP contribution is -2.42. The van der Waals surface area contributed by atoms with Gasteiger partial charge < -0.3 is 14.6 Å². The fourth-order valence-electron chi connectivity index (χ4n) is 3.35. The average Bonchev–Trinajstić information content (AvgIpc) is 2.55. The van der Waals surface area contributed by atoms with E-state index in [-0.39, 0.29) is 18.3 Å². The quantitative estimate of drug-likeness (QED) is 0.920. The Morgan fingerprint density at radius 3 is 2.62 bits per heavy atom. The molecule has 2 aliphatic heterocycles. The first kappa shape index (κ1) is 13.0. The van der Waals surface area contributed by atoms with Crippen molar-refractivity contribution in [1.29, 1.82) is 0 Å². The molecule has 21 heavy (non-hydrogen) atoms. The summed E-state index contributed by atoms with van der Waals surface area (Å²) >= 11 is 0. The van der Waals surface area contributed by atoms with Crippen LogP contribution in [0.15, 0.2) is 54.6 Å². The lowest BCUT2D eigenvalue weighted by Gasteiger charge is -2.43. The van der Waals surface area contributed by atoms with E-state index in [1.54, 1.807) is 0 Å². The Labute approximate surface area is 124 Å². The summed E-state index contributed by atoms with van der Waals surface area (Å²) in [5.41, 5.74) is 3.37. The highest BCUT2D eigenvalue weighted by Crippen LogP contribution is 2.44. The Morgan fingerprint density at radius 1 is 1.00 bits per heavy atom. The van der Waals surface area contributed by atoms with Gasteiger partial charge in [-0.3, -0.25) is 0 Å². The molecule has 4 atom stereocenters. The van der Waals surface area contributed by atoms with Crippen molar-refractivity contribution in [2.45, 2.75) is 24.9 Å². The first-order chi connectivity index (χ1) is 10.3. The van der Waals surface area contributed by atoms with Gasteiger partial charge in [-0.1, -0.05) is 54.6 Å². The molecular formula is C18H18O3. The smallest absolute Gasteiger partial charge is 0.162 e. The van der Waals surface area contributed by atoms with Gasteiger partial charge in [-0.25, -0.2) is 0 Å². The minimum absolute atomic E-state index is 0.0786. The minimum Gasteiger partial charge on any atom is -0.388 e. The second-order valence-electron chi connectivity index (χ2n) is 5.74. The van der Waals surface area contributed by atoms with Crippen molar-refractivity contribution < 1.29 is 14.6 Å². The van der Waals surface area contributed by atoms with Crippen LogP contribution in [0.2, 0.25) is 0 Å². The Kier molecular flexibility index (Phi) is 3.26. The van der Waals surface area contributed by atoms with Crippen LogP contribution in [0.25, 0.3) is 0 Å². The van der Waals surface area contributed by atoms with E-state index in [0.29, 0.717) is 6.61 Å². The van der Waals surface area contributed by atoms with Crippen LogP contribution in [0.4, 0.5) is 0 Å². The van der Waals surface area contributed by atoms with E-state index >= 15 is 0 Å². The van der Waals surface area contributed by atoms with Gasteiger partial charge in [-0.15, -0.1) is 0 Å². The lowest BCUT2D eigenvalue weighted by molar-refractivity contribution is -0.259. The molecule has 0 unspecified atom stereocenters. The number of fused-ring (bicyclic) bond motifs is 4. The molecule has 2 bridgehead atoms. The second-order valence-corrected chi connectivity index (χ2v) is 5.74. The monoisotopic (exact) mass is 282 g/mol. The zero-order chi connectivity index (χ0) is 14.2. The van der Waals surface area contributed by atoms with Crippen molar-refractivity contribution >= 4 is 0 Å². The van der Waals surface area contributed by atoms with Crippen LogP contribution in [-0.2, 0) is 15.9 Å². The summed E-state index contributed by atoms with van der Waals surface area (Å²) in [6, 6.07) is 18.0. The van der Waals surface area contributed by atoms with E-state index in [4.69, 9.17) is 9.47 Å². The van der Waals surface area contributed by atoms with Crippen LogP contribution in [0.5, 0.6) is 0 Å². The van der Waals surface area contributed by atoms with Crippen molar-refractivity contribution in [1.82, 2.24) is 0 Å². The van der Waals surface area contributed by atoms with Gasteiger partial charge in [0.2, 0.25) is 0 Å². The minimum atomic E-state index is -0.580. The first-order valence-electron chi connectivity index (χ1n) is 7.41. The number of rotatable bonds is 2. The van der Waals surface area contributed by atoms with Crippen molar-refractivity contribution in [2.75, 3.05) is 6.61 Å². The van der Waals surface area contributed by atoms with E-state index in [9.17, 15) is 5.11 Å². The third-order valence-electron chi connectivity index (χ3n) is 4.46. The largest absolute Gasteiger partial charge is 0.388 e. The molecule has 2 aliphatic rings. The van der Waals surface area contributed by atoms with Crippen molar-refractivity contribution in [3.05, 3.63) is 71.3 Å². The molecule has 4 rings (SSSR count). The third-order valence-corrected chi connectivity index (χ3v) is 4.46. The molecule has 0 aliphatic carbocycles. The zero-order valence-corrected chi connectivity index (χ0v) is 11.7. The van der Waals surface area contributed by atoms with Gasteiger partial charge in [0.15, 0.2) is 6.29 Å². The van der Waals surface area contributed by atoms with Crippen molar-refractivity contribution in [3.8, 4) is 0 Å². The van der Waals surface area contributed by atoms with Gasteiger partial charge in [0.05, 0.1) is 18.8 Å². The molecule has 0 aromatic heterocycles. The summed E-state index contributed by atoms with van der Waals surface area (Å²) in [6.45, 7) is 0.528. The van der Waals surface area contributed by atoms with Gasteiger partial charge in [-0.05, 0) is 16.7 Å². The normalized spacial score (nSPS) is 28.7. The van der Waals surface area contributed by atoms with Gasteiger partial charge in [-0.2, -0.15) is 0 Å². The van der Waals surface area contributed by atoms with E-state index in [1.807, 2.05) is 42.5 Å². The maximum absolute atomic E-state index is 10.7. The first-order valence-corrected chi connectivity index (χ1v) is 7.41. The summed E-state index contributed by atoms with van der Waals surface area (Å²) in [5, 5.41) is 10.7. The summed E-state index contributed by atoms with van der Waals surface area (Å²) in [7, 11) is 0. The predicted octanol–water partition coefficient (Wildman–Crippen LogP) is 3.01. The number of aliphatic hydroxyl groups excluding tert-OH is 1. The summed E-state index contributed by atoms with van der Waals surface area (Å²) in [6.07, 6.45) is -0.0581. The summed E-state index contributed by atoms with van der Waals surface area (Å²) < 4.78 is 11.8. The van der Waals surface area contributed by atoms with Crippen LogP contribution in [0.1, 0.15) is 28.9 Å². The molecule has 108 valence electrons. The molecule has 1 saturated heterocycles. The van der Waals surface area contributed by atoms with Crippen LogP contribution < -0.4 is 0 Å². The fraction of sp³-hybridized carbons (Fsp3) is 0.333. The molecule has 0 radical (unpaired) electrons. The maximum Gasteiger partial charge on any atom is 0.162 e. The van der Waals surface area contributed by atoms with E-state index in [1.165, 1.54) is 11.1 Å². The maximum atomic E-state index is 10.7. The molecule has 0 amide bonds. The fourth-order valence-corrected chi connectivity index (χ4v) is 3.35. The van der Waals surface area contributed by atoms with Crippen LogP contribution in [0, 0.1) is 5.92 Å². The summed E-state index contributed by atoms with van der Waals surface area (Å²) in [4.78, 5) is 0. The number of benzene rings is 2. The molecule has 3 heteroatoms. The Hall–Kier alpha value is -1.68. The van der Waals surface area contributed by atoms with Gasteiger partial charge >= 0.3 is 0 Å². The summed E-state index contributed by atoms with van der Waals surface area (Å²) in [5.74, 6) is -0.0786. The molecule has 1 fully saturated rings. The Bertz CT molecular complexity index is 625. The van der Waals surface area contributed by atoms with E-state index in [2.05, 4.69) is 12.1 Å². The molecule has 2 heterocycles. The number of hydrogen-bond donors (Lipinski definition) is 1. The molecule has 0 saturated carbocycles. The topological polar surface area (TPSA) is 38.7 Å². The standard InChI is InChI=1S/C18H18O3/c19-17(12-6-2-1-3-7-12)15-11-20-16-10-13-8-4-5-9-14(13)18(15)21-16/h1-9,15-19H,10-11H2/t15-,16-,17+,18+/m0/s1. The predicted molar refractivity (Wildman–Crippen MR) is 78.6 cm³/mol. The van der Waals surface area contributed by atoms with Crippen LogP contribution in [-0.4, -0.2) is 18.0 Å². The molecule has 0 spiro atoms. The van der Waals surface area contributed by atoms with Gasteiger partial charge in [0, 0.05) is 12.3 Å². The third kappa shape index (κ3) is 2.27. The highest BCUT2D eigenvalue weighted by atomic mass is 16.7. The van der Waals surface area contributed by atoms with Crippen molar-refractivity contribution in [3.63, 3.8) is 0 Å². The van der Waals surface area contributed by atoms with Crippen molar-refractivity contribution in [2.24, 2.45) is 5.92 Å². The number of aliphatic hydroxyl groups is 1. The Morgan fingerprint density at radius 2 is 1.76 bits per heavy atom. The average molecular weight is 282 g/mol. The van der Waals surface area contributed by atoms with E-state index in [0.717, 1.165) is 12.0 Å². The number of hydrogen-bond acceptors (Lipinski definition) is 3. The highest BCUT2D eigenvalue weighted by Gasteiger charge is 2.41. The molecule has 2 aromatic carbocycles. The van der Waals surface area contributed by atoms with Crippen LogP contribution >= 0.6 is 0 Å².